The number of fused-ring (bicyclic) bond motifs is 5. The van der Waals surface area contributed by atoms with Crippen molar-refractivity contribution in [1.82, 2.24) is 10.0 Å². The zero-order valence-corrected chi connectivity index (χ0v) is 18.6. The van der Waals surface area contributed by atoms with Crippen LogP contribution in [0, 0.1) is 11.3 Å². The Hall–Kier alpha value is -3.03. The molecule has 1 aromatic rings. The van der Waals surface area contributed by atoms with E-state index in [4.69, 9.17) is 14.2 Å². The van der Waals surface area contributed by atoms with E-state index in [1.165, 1.54) is 10.0 Å². The molecular formula is C24H28N2O6. The number of benzene rings is 1. The number of nitrogens with zero attached hydrogens (tertiary/aromatic N) is 2. The number of ether oxygens (including phenoxy) is 3. The van der Waals surface area contributed by atoms with Crippen LogP contribution in [-0.2, 0) is 19.0 Å². The zero-order valence-electron chi connectivity index (χ0n) is 18.6. The fourth-order valence-electron chi connectivity index (χ4n) is 6.30. The summed E-state index contributed by atoms with van der Waals surface area (Å²) in [5, 5.41) is 2.98. The average Bonchev–Trinajstić information content (AvgIpc) is 3.36. The number of carbonyl (C=O) groups is 3. The first-order chi connectivity index (χ1) is 15.5. The molecule has 0 N–H and O–H groups in total. The molecule has 8 nitrogen and oxygen atoms in total. The van der Waals surface area contributed by atoms with Gasteiger partial charge in [0.15, 0.2) is 0 Å². The molecule has 1 aliphatic heterocycles. The molecular weight excluding hydrogens is 412 g/mol. The van der Waals surface area contributed by atoms with Crippen LogP contribution in [0.2, 0.25) is 0 Å². The van der Waals surface area contributed by atoms with E-state index in [0.29, 0.717) is 6.61 Å². The Balaban J connectivity index is 1.66. The molecule has 1 saturated heterocycles. The molecule has 1 aromatic carbocycles. The topological polar surface area (TPSA) is 85.4 Å². The van der Waals surface area contributed by atoms with E-state index in [1.54, 1.807) is 26.8 Å². The van der Waals surface area contributed by atoms with E-state index in [2.05, 4.69) is 6.07 Å². The van der Waals surface area contributed by atoms with Gasteiger partial charge in [0.1, 0.15) is 0 Å². The Morgan fingerprint density at radius 2 is 1.47 bits per heavy atom. The Labute approximate surface area is 187 Å². The van der Waals surface area contributed by atoms with Crippen LogP contribution >= 0.6 is 0 Å². The van der Waals surface area contributed by atoms with Gasteiger partial charge in [0.25, 0.3) is 0 Å². The second-order valence-electron chi connectivity index (χ2n) is 8.70. The molecule has 8 heteroatoms. The predicted octanol–water partition coefficient (Wildman–Crippen LogP) is 3.72. The summed E-state index contributed by atoms with van der Waals surface area (Å²) in [6.45, 7) is 5.99. The van der Waals surface area contributed by atoms with Crippen molar-refractivity contribution in [3.8, 4) is 0 Å². The van der Waals surface area contributed by atoms with Gasteiger partial charge >= 0.3 is 18.2 Å². The van der Waals surface area contributed by atoms with E-state index in [-0.39, 0.29) is 42.5 Å². The fourth-order valence-corrected chi connectivity index (χ4v) is 6.30. The smallest absolute Gasteiger partial charge is 0.429 e. The molecule has 0 radical (unpaired) electrons. The van der Waals surface area contributed by atoms with Gasteiger partial charge in [-0.2, -0.15) is 0 Å². The molecule has 170 valence electrons. The maximum absolute atomic E-state index is 13.1. The van der Waals surface area contributed by atoms with Crippen molar-refractivity contribution < 1.29 is 28.6 Å². The molecule has 32 heavy (non-hydrogen) atoms. The summed E-state index contributed by atoms with van der Waals surface area (Å²) in [5.74, 6) is -0.524. The van der Waals surface area contributed by atoms with Crippen molar-refractivity contribution in [2.45, 2.75) is 51.6 Å². The Morgan fingerprint density at radius 1 is 0.906 bits per heavy atom. The maximum Gasteiger partial charge on any atom is 0.429 e. The minimum absolute atomic E-state index is 0.0190. The second-order valence-corrected chi connectivity index (χ2v) is 8.70. The fraction of sp³-hybridized carbons (Fsp3) is 0.542. The van der Waals surface area contributed by atoms with Crippen LogP contribution in [-0.4, -0.2) is 60.1 Å². The summed E-state index contributed by atoms with van der Waals surface area (Å²) in [5.41, 5.74) is 2.75. The minimum atomic E-state index is -0.552. The molecule has 4 atom stereocenters. The SMILES string of the molecule is CCOC(=O)/C=C1\c2ccccc2[C@@H]2C3N(C(=O)OCC)N(C(=O)OCC)C([C@H]12)C31CC1. The predicted molar refractivity (Wildman–Crippen MR) is 114 cm³/mol. The molecule has 2 saturated carbocycles. The molecule has 4 aliphatic rings. The van der Waals surface area contributed by atoms with Crippen LogP contribution < -0.4 is 0 Å². The van der Waals surface area contributed by atoms with E-state index in [9.17, 15) is 14.4 Å². The standard InChI is InChI=1S/C24H28N2O6/c1-4-30-17(27)13-16-14-9-7-8-10-15(14)18-19(16)21-24(11-12-24)20(18)25(22(28)31-5-2)26(21)23(29)32-6-3/h7-10,13,18-21H,4-6,11-12H2,1-3H3/b16-13+/t18-,19+,20?,21?/m0/s1. The van der Waals surface area contributed by atoms with E-state index in [1.807, 2.05) is 18.2 Å². The monoisotopic (exact) mass is 440 g/mol. The minimum Gasteiger partial charge on any atom is -0.463 e. The lowest BCUT2D eigenvalue weighted by atomic mass is 9.88. The highest BCUT2D eigenvalue weighted by Gasteiger charge is 2.79. The summed E-state index contributed by atoms with van der Waals surface area (Å²) < 4.78 is 15.9. The van der Waals surface area contributed by atoms with Crippen molar-refractivity contribution in [3.05, 3.63) is 41.5 Å². The van der Waals surface area contributed by atoms with E-state index >= 15 is 0 Å². The summed E-state index contributed by atoms with van der Waals surface area (Å²) >= 11 is 0. The van der Waals surface area contributed by atoms with Crippen LogP contribution in [0.25, 0.3) is 5.57 Å². The number of rotatable bonds is 4. The summed E-state index contributed by atoms with van der Waals surface area (Å²) in [6, 6.07) is 7.48. The van der Waals surface area contributed by atoms with Crippen molar-refractivity contribution >= 4 is 23.7 Å². The number of hydrogen-bond acceptors (Lipinski definition) is 6. The van der Waals surface area contributed by atoms with Crippen LogP contribution in [0.5, 0.6) is 0 Å². The van der Waals surface area contributed by atoms with Gasteiger partial charge in [0, 0.05) is 23.3 Å². The molecule has 2 unspecified atom stereocenters. The summed E-state index contributed by atoms with van der Waals surface area (Å²) in [7, 11) is 0. The van der Waals surface area contributed by atoms with Crippen molar-refractivity contribution in [1.29, 1.82) is 0 Å². The number of hydrogen-bond donors (Lipinski definition) is 0. The largest absolute Gasteiger partial charge is 0.463 e. The van der Waals surface area contributed by atoms with Crippen molar-refractivity contribution in [2.75, 3.05) is 19.8 Å². The first kappa shape index (κ1) is 20.8. The number of carbonyl (C=O) groups excluding carboxylic acids is 3. The third-order valence-corrected chi connectivity index (χ3v) is 7.29. The molecule has 0 aromatic heterocycles. The van der Waals surface area contributed by atoms with Crippen LogP contribution in [0.4, 0.5) is 9.59 Å². The lowest BCUT2D eigenvalue weighted by molar-refractivity contribution is -0.137. The Bertz CT molecular complexity index is 1000. The zero-order chi connectivity index (χ0) is 22.6. The van der Waals surface area contributed by atoms with E-state index < -0.39 is 18.2 Å². The van der Waals surface area contributed by atoms with Crippen LogP contribution in [0.15, 0.2) is 30.3 Å². The number of esters is 1. The molecule has 2 bridgehead atoms. The highest BCUT2D eigenvalue weighted by atomic mass is 16.6. The Kier molecular flexibility index (Phi) is 4.91. The quantitative estimate of drug-likeness (QED) is 0.403. The Morgan fingerprint density at radius 3 is 2.03 bits per heavy atom. The lowest BCUT2D eigenvalue weighted by Crippen LogP contribution is -2.57. The molecule has 1 heterocycles. The first-order valence-electron chi connectivity index (χ1n) is 11.4. The third-order valence-electron chi connectivity index (χ3n) is 7.29. The van der Waals surface area contributed by atoms with Gasteiger partial charge < -0.3 is 14.2 Å². The second kappa shape index (κ2) is 7.53. The molecule has 2 amide bonds. The van der Waals surface area contributed by atoms with Crippen molar-refractivity contribution in [2.24, 2.45) is 11.3 Å². The maximum atomic E-state index is 13.1. The molecule has 5 rings (SSSR count). The van der Waals surface area contributed by atoms with Gasteiger partial charge in [-0.3, -0.25) is 0 Å². The summed E-state index contributed by atoms with van der Waals surface area (Å²) in [4.78, 5) is 38.7. The lowest BCUT2D eigenvalue weighted by Gasteiger charge is -2.42. The highest BCUT2D eigenvalue weighted by molar-refractivity contribution is 5.95. The average molecular weight is 440 g/mol. The van der Waals surface area contributed by atoms with E-state index in [0.717, 1.165) is 29.5 Å². The van der Waals surface area contributed by atoms with Gasteiger partial charge in [-0.05, 0) is 50.3 Å². The van der Waals surface area contributed by atoms with Crippen molar-refractivity contribution in [3.63, 3.8) is 0 Å². The normalized spacial score (nSPS) is 29.2. The summed E-state index contributed by atoms with van der Waals surface area (Å²) in [6.07, 6.45) is 2.32. The van der Waals surface area contributed by atoms with Gasteiger partial charge in [-0.25, -0.2) is 24.4 Å². The van der Waals surface area contributed by atoms with Gasteiger partial charge in [-0.1, -0.05) is 24.3 Å². The van der Waals surface area contributed by atoms with Gasteiger partial charge in [-0.15, -0.1) is 0 Å². The first-order valence-corrected chi connectivity index (χ1v) is 11.4. The molecule has 1 spiro atoms. The molecule has 3 fully saturated rings. The molecule has 3 aliphatic carbocycles. The third kappa shape index (κ3) is 2.71. The van der Waals surface area contributed by atoms with Crippen LogP contribution in [0.1, 0.15) is 50.7 Å². The van der Waals surface area contributed by atoms with Gasteiger partial charge in [0.05, 0.1) is 31.9 Å². The number of amides is 2. The van der Waals surface area contributed by atoms with Gasteiger partial charge in [0.2, 0.25) is 0 Å². The number of hydrazine groups is 1. The highest BCUT2D eigenvalue weighted by Crippen LogP contribution is 2.75. The van der Waals surface area contributed by atoms with Crippen LogP contribution in [0.3, 0.4) is 0 Å².